The molecule has 0 radical (unpaired) electrons. The zero-order valence-corrected chi connectivity index (χ0v) is 13.9. The number of carbonyl (C=O) groups is 1. The molecule has 1 amide bonds. The van der Waals surface area contributed by atoms with Crippen molar-refractivity contribution in [1.29, 1.82) is 0 Å². The summed E-state index contributed by atoms with van der Waals surface area (Å²) in [6.45, 7) is 4.51. The predicted octanol–water partition coefficient (Wildman–Crippen LogP) is 2.82. The maximum absolute atomic E-state index is 12.2. The van der Waals surface area contributed by atoms with E-state index in [1.807, 2.05) is 50.2 Å². The van der Waals surface area contributed by atoms with Crippen LogP contribution in [-0.2, 0) is 4.79 Å². The minimum atomic E-state index is -0.367. The predicted molar refractivity (Wildman–Crippen MR) is 95.3 cm³/mol. The van der Waals surface area contributed by atoms with E-state index in [1.54, 1.807) is 18.6 Å². The molecule has 0 bridgehead atoms. The first-order chi connectivity index (χ1) is 11.7. The van der Waals surface area contributed by atoms with Crippen molar-refractivity contribution in [2.24, 2.45) is 5.10 Å². The molecule has 126 valence electrons. The van der Waals surface area contributed by atoms with Gasteiger partial charge in [0.1, 0.15) is 11.8 Å². The van der Waals surface area contributed by atoms with E-state index in [0.717, 1.165) is 17.0 Å². The van der Waals surface area contributed by atoms with Crippen molar-refractivity contribution in [2.75, 3.05) is 11.9 Å². The molecule has 1 atom stereocenters. The molecule has 0 aliphatic rings. The number of aromatic nitrogens is 1. The number of hydrazone groups is 1. The molecule has 0 saturated heterocycles. The lowest BCUT2D eigenvalue weighted by molar-refractivity contribution is -0.121. The van der Waals surface area contributed by atoms with E-state index < -0.39 is 0 Å². The fourth-order valence-corrected chi connectivity index (χ4v) is 2.07. The van der Waals surface area contributed by atoms with Crippen molar-refractivity contribution in [3.8, 4) is 5.75 Å². The molecule has 6 nitrogen and oxygen atoms in total. The third-order valence-corrected chi connectivity index (χ3v) is 3.30. The van der Waals surface area contributed by atoms with Crippen LogP contribution in [0.4, 0.5) is 5.69 Å². The fourth-order valence-electron chi connectivity index (χ4n) is 2.07. The van der Waals surface area contributed by atoms with Gasteiger partial charge in [-0.25, -0.2) is 5.43 Å². The van der Waals surface area contributed by atoms with Crippen LogP contribution in [0.15, 0.2) is 53.9 Å². The Kier molecular flexibility index (Phi) is 6.76. The summed E-state index contributed by atoms with van der Waals surface area (Å²) in [5, 5.41) is 7.16. The SMILES string of the molecule is CCOc1ccc(N[C@H](CC)C(=O)N/N=C\c2cccnc2)cc1. The third-order valence-electron chi connectivity index (χ3n) is 3.30. The van der Waals surface area contributed by atoms with Crippen LogP contribution in [0, 0.1) is 0 Å². The molecular weight excluding hydrogens is 304 g/mol. The van der Waals surface area contributed by atoms with Gasteiger partial charge in [-0.2, -0.15) is 5.10 Å². The highest BCUT2D eigenvalue weighted by Gasteiger charge is 2.15. The molecule has 24 heavy (non-hydrogen) atoms. The van der Waals surface area contributed by atoms with Gasteiger partial charge in [-0.3, -0.25) is 9.78 Å². The molecule has 1 aromatic carbocycles. The molecule has 0 saturated carbocycles. The normalized spacial score (nSPS) is 11.9. The molecule has 6 heteroatoms. The van der Waals surface area contributed by atoms with Crippen LogP contribution in [0.2, 0.25) is 0 Å². The highest BCUT2D eigenvalue weighted by atomic mass is 16.5. The molecule has 2 N–H and O–H groups in total. The molecule has 0 aliphatic heterocycles. The monoisotopic (exact) mass is 326 g/mol. The van der Waals surface area contributed by atoms with Gasteiger partial charge in [0.05, 0.1) is 12.8 Å². The number of carbonyl (C=O) groups excluding carboxylic acids is 1. The Bertz CT molecular complexity index is 656. The second-order valence-electron chi connectivity index (χ2n) is 5.08. The number of nitrogens with one attached hydrogen (secondary N) is 2. The van der Waals surface area contributed by atoms with Crippen LogP contribution in [0.3, 0.4) is 0 Å². The molecular formula is C18H22N4O2. The Morgan fingerprint density at radius 2 is 2.08 bits per heavy atom. The van der Waals surface area contributed by atoms with Gasteiger partial charge in [-0.1, -0.05) is 13.0 Å². The maximum atomic E-state index is 12.2. The molecule has 1 heterocycles. The molecule has 0 spiro atoms. The van der Waals surface area contributed by atoms with Gasteiger partial charge in [0.25, 0.3) is 5.91 Å². The molecule has 0 aliphatic carbocycles. The lowest BCUT2D eigenvalue weighted by Crippen LogP contribution is -2.36. The number of anilines is 1. The summed E-state index contributed by atoms with van der Waals surface area (Å²) < 4.78 is 5.40. The zero-order chi connectivity index (χ0) is 17.2. The molecule has 1 aromatic heterocycles. The largest absolute Gasteiger partial charge is 0.494 e. The topological polar surface area (TPSA) is 75.6 Å². The van der Waals surface area contributed by atoms with Gasteiger partial charge >= 0.3 is 0 Å². The van der Waals surface area contributed by atoms with Gasteiger partial charge in [-0.05, 0) is 43.7 Å². The quantitative estimate of drug-likeness (QED) is 0.578. The second kappa shape index (κ2) is 9.29. The number of pyridine rings is 1. The molecule has 0 unspecified atom stereocenters. The average molecular weight is 326 g/mol. The Morgan fingerprint density at radius 1 is 1.29 bits per heavy atom. The van der Waals surface area contributed by atoms with E-state index in [1.165, 1.54) is 0 Å². The van der Waals surface area contributed by atoms with Gasteiger partial charge in [0.15, 0.2) is 0 Å². The van der Waals surface area contributed by atoms with Crippen molar-refractivity contribution in [3.63, 3.8) is 0 Å². The number of ether oxygens (including phenoxy) is 1. The van der Waals surface area contributed by atoms with Crippen LogP contribution in [0.1, 0.15) is 25.8 Å². The summed E-state index contributed by atoms with van der Waals surface area (Å²) in [5.74, 6) is 0.619. The Labute approximate surface area is 142 Å². The van der Waals surface area contributed by atoms with E-state index in [9.17, 15) is 4.79 Å². The van der Waals surface area contributed by atoms with E-state index in [-0.39, 0.29) is 11.9 Å². The van der Waals surface area contributed by atoms with Gasteiger partial charge in [0.2, 0.25) is 0 Å². The summed E-state index contributed by atoms with van der Waals surface area (Å²) in [6, 6.07) is 10.8. The van der Waals surface area contributed by atoms with E-state index >= 15 is 0 Å². The Balaban J connectivity index is 1.90. The van der Waals surface area contributed by atoms with Gasteiger partial charge in [0, 0.05) is 23.6 Å². The minimum Gasteiger partial charge on any atom is -0.494 e. The molecule has 2 rings (SSSR count). The van der Waals surface area contributed by atoms with Crippen LogP contribution < -0.4 is 15.5 Å². The van der Waals surface area contributed by atoms with Crippen LogP contribution in [0.25, 0.3) is 0 Å². The van der Waals surface area contributed by atoms with E-state index in [4.69, 9.17) is 4.74 Å². The second-order valence-corrected chi connectivity index (χ2v) is 5.08. The minimum absolute atomic E-state index is 0.188. The Morgan fingerprint density at radius 3 is 2.71 bits per heavy atom. The van der Waals surface area contributed by atoms with Crippen molar-refractivity contribution in [1.82, 2.24) is 10.4 Å². The van der Waals surface area contributed by atoms with Crippen LogP contribution in [0.5, 0.6) is 5.75 Å². The summed E-state index contributed by atoms with van der Waals surface area (Å²) in [4.78, 5) is 16.2. The number of amides is 1. The zero-order valence-electron chi connectivity index (χ0n) is 13.9. The maximum Gasteiger partial charge on any atom is 0.262 e. The third kappa shape index (κ3) is 5.39. The number of nitrogens with zero attached hydrogens (tertiary/aromatic N) is 2. The number of hydrogen-bond donors (Lipinski definition) is 2. The van der Waals surface area contributed by atoms with Gasteiger partial charge < -0.3 is 10.1 Å². The number of rotatable bonds is 8. The van der Waals surface area contributed by atoms with Gasteiger partial charge in [-0.15, -0.1) is 0 Å². The highest BCUT2D eigenvalue weighted by molar-refractivity contribution is 5.86. The molecule has 2 aromatic rings. The first-order valence-electron chi connectivity index (χ1n) is 7.95. The average Bonchev–Trinajstić information content (AvgIpc) is 2.62. The number of benzene rings is 1. The van der Waals surface area contributed by atoms with E-state index in [2.05, 4.69) is 20.8 Å². The number of hydrogen-bond acceptors (Lipinski definition) is 5. The van der Waals surface area contributed by atoms with Crippen molar-refractivity contribution in [3.05, 3.63) is 54.4 Å². The lowest BCUT2D eigenvalue weighted by Gasteiger charge is -2.16. The highest BCUT2D eigenvalue weighted by Crippen LogP contribution is 2.17. The first kappa shape index (κ1) is 17.5. The van der Waals surface area contributed by atoms with E-state index in [0.29, 0.717) is 13.0 Å². The summed E-state index contributed by atoms with van der Waals surface area (Å²) in [7, 11) is 0. The summed E-state index contributed by atoms with van der Waals surface area (Å²) in [5.41, 5.74) is 4.23. The molecule has 0 fully saturated rings. The van der Waals surface area contributed by atoms with Crippen molar-refractivity contribution in [2.45, 2.75) is 26.3 Å². The lowest BCUT2D eigenvalue weighted by atomic mass is 10.2. The summed E-state index contributed by atoms with van der Waals surface area (Å²) in [6.07, 6.45) is 5.56. The van der Waals surface area contributed by atoms with Crippen molar-refractivity contribution < 1.29 is 9.53 Å². The van der Waals surface area contributed by atoms with Crippen LogP contribution >= 0.6 is 0 Å². The summed E-state index contributed by atoms with van der Waals surface area (Å²) >= 11 is 0. The first-order valence-corrected chi connectivity index (χ1v) is 7.95. The smallest absolute Gasteiger partial charge is 0.262 e. The standard InChI is InChI=1S/C18H22N4O2/c1-3-17(21-15-7-9-16(10-8-15)24-4-2)18(23)22-20-13-14-6-5-11-19-12-14/h5-13,17,21H,3-4H2,1-2H3,(H,22,23)/b20-13-/t17-/m1/s1. The fraction of sp³-hybridized carbons (Fsp3) is 0.278. The Hall–Kier alpha value is -2.89. The van der Waals surface area contributed by atoms with Crippen molar-refractivity contribution >= 4 is 17.8 Å². The van der Waals surface area contributed by atoms with Crippen LogP contribution in [-0.4, -0.2) is 29.8 Å².